The zero-order valence-electron chi connectivity index (χ0n) is 16.7. The van der Waals surface area contributed by atoms with E-state index in [-0.39, 0.29) is 0 Å². The topological polar surface area (TPSA) is 12.5 Å². The van der Waals surface area contributed by atoms with E-state index in [9.17, 15) is 0 Å². The number of ether oxygens (including phenoxy) is 1. The molecule has 0 unspecified atom stereocenters. The van der Waals surface area contributed by atoms with Crippen LogP contribution in [0.5, 0.6) is 0 Å². The monoisotopic (exact) mass is 360 g/mol. The molecular formula is C22H38NOSi. The number of hydrogen-bond acceptors (Lipinski definition) is 2. The molecule has 0 aliphatic heterocycles. The van der Waals surface area contributed by atoms with E-state index in [4.69, 9.17) is 4.74 Å². The summed E-state index contributed by atoms with van der Waals surface area (Å²) in [5, 5.41) is 1.50. The number of hydrogen-bond donors (Lipinski definition) is 0. The fourth-order valence-electron chi connectivity index (χ4n) is 2.99. The molecule has 0 bridgehead atoms. The summed E-state index contributed by atoms with van der Waals surface area (Å²) in [6.07, 6.45) is 9.36. The van der Waals surface area contributed by atoms with Crippen molar-refractivity contribution in [2.45, 2.75) is 58.9 Å². The van der Waals surface area contributed by atoms with E-state index in [1.165, 1.54) is 68.5 Å². The van der Waals surface area contributed by atoms with E-state index in [1.54, 1.807) is 0 Å². The number of nitrogens with zero attached hydrogens (tertiary/aromatic N) is 1. The standard InChI is InChI=1S/C22H38NOSi/c1-5-9-16-23(17-10-6-2)18-11-19-25(20-24-8-4)22-14-12-21(7-3)13-15-22/h7,12-15H,3,5-6,8-11,16-20H2,1-2,4H3. The highest BCUT2D eigenvalue weighted by Crippen LogP contribution is 2.07. The van der Waals surface area contributed by atoms with Gasteiger partial charge in [-0.25, -0.2) is 0 Å². The molecule has 2 nitrogen and oxygen atoms in total. The normalized spacial score (nSPS) is 11.4. The predicted molar refractivity (Wildman–Crippen MR) is 114 cm³/mol. The lowest BCUT2D eigenvalue weighted by molar-refractivity contribution is 0.191. The van der Waals surface area contributed by atoms with Crippen LogP contribution >= 0.6 is 0 Å². The summed E-state index contributed by atoms with van der Waals surface area (Å²) in [6, 6.07) is 10.3. The molecule has 0 fully saturated rings. The first-order chi connectivity index (χ1) is 12.2. The molecule has 0 spiro atoms. The van der Waals surface area contributed by atoms with Gasteiger partial charge in [-0.3, -0.25) is 0 Å². The average Bonchev–Trinajstić information content (AvgIpc) is 2.66. The Morgan fingerprint density at radius 3 is 2.08 bits per heavy atom. The molecule has 1 aromatic rings. The molecule has 0 heterocycles. The Morgan fingerprint density at radius 1 is 0.960 bits per heavy atom. The highest BCUT2D eigenvalue weighted by atomic mass is 28.3. The maximum Gasteiger partial charge on any atom is 0.117 e. The fraction of sp³-hybridized carbons (Fsp3) is 0.636. The smallest absolute Gasteiger partial charge is 0.117 e. The minimum Gasteiger partial charge on any atom is -0.385 e. The van der Waals surface area contributed by atoms with E-state index >= 15 is 0 Å². The van der Waals surface area contributed by atoms with Crippen LogP contribution in [-0.4, -0.2) is 46.2 Å². The Hall–Kier alpha value is -0.903. The summed E-state index contributed by atoms with van der Waals surface area (Å²) in [6.45, 7) is 15.1. The van der Waals surface area contributed by atoms with Crippen LogP contribution in [0.3, 0.4) is 0 Å². The first-order valence-corrected chi connectivity index (χ1v) is 12.0. The van der Waals surface area contributed by atoms with Crippen molar-refractivity contribution in [3.8, 4) is 0 Å². The van der Waals surface area contributed by atoms with Gasteiger partial charge in [-0.2, -0.15) is 0 Å². The zero-order chi connectivity index (χ0) is 18.3. The van der Waals surface area contributed by atoms with Crippen LogP contribution in [-0.2, 0) is 4.74 Å². The summed E-state index contributed by atoms with van der Waals surface area (Å²) >= 11 is 0. The first kappa shape index (κ1) is 22.1. The summed E-state index contributed by atoms with van der Waals surface area (Å²) in [4.78, 5) is 2.67. The van der Waals surface area contributed by atoms with Crippen molar-refractivity contribution >= 4 is 20.1 Å². The molecule has 1 rings (SSSR count). The van der Waals surface area contributed by atoms with Gasteiger partial charge in [-0.05, 0) is 51.4 Å². The van der Waals surface area contributed by atoms with Crippen LogP contribution in [0, 0.1) is 0 Å². The first-order valence-electron chi connectivity index (χ1n) is 10.1. The predicted octanol–water partition coefficient (Wildman–Crippen LogP) is 4.90. The van der Waals surface area contributed by atoms with Gasteiger partial charge in [0.15, 0.2) is 0 Å². The lowest BCUT2D eigenvalue weighted by Gasteiger charge is -2.23. The SMILES string of the molecule is C=Cc1ccc([Si](CCCN(CCCC)CCCC)COCC)cc1. The van der Waals surface area contributed by atoms with Crippen LogP contribution in [0.25, 0.3) is 6.08 Å². The van der Waals surface area contributed by atoms with Crippen LogP contribution in [0.4, 0.5) is 0 Å². The minimum absolute atomic E-state index is 0.628. The van der Waals surface area contributed by atoms with Crippen LogP contribution in [0.2, 0.25) is 6.04 Å². The third kappa shape index (κ3) is 9.38. The van der Waals surface area contributed by atoms with E-state index in [1.807, 2.05) is 6.08 Å². The molecule has 1 radical (unpaired) electrons. The Labute approximate surface area is 157 Å². The number of rotatable bonds is 15. The molecule has 25 heavy (non-hydrogen) atoms. The van der Waals surface area contributed by atoms with Crippen molar-refractivity contribution in [2.24, 2.45) is 0 Å². The summed E-state index contributed by atoms with van der Waals surface area (Å²) in [5.41, 5.74) is 1.20. The van der Waals surface area contributed by atoms with Gasteiger partial charge >= 0.3 is 0 Å². The summed E-state index contributed by atoms with van der Waals surface area (Å²) in [5.74, 6) is 0. The maximum atomic E-state index is 5.81. The molecule has 141 valence electrons. The lowest BCUT2D eigenvalue weighted by atomic mass is 10.2. The van der Waals surface area contributed by atoms with Crippen molar-refractivity contribution in [1.29, 1.82) is 0 Å². The molecule has 0 amide bonds. The highest BCUT2D eigenvalue weighted by molar-refractivity contribution is 6.73. The van der Waals surface area contributed by atoms with E-state index in [0.717, 1.165) is 12.8 Å². The minimum atomic E-state index is -0.628. The molecule has 0 atom stereocenters. The summed E-state index contributed by atoms with van der Waals surface area (Å²) in [7, 11) is -0.628. The second-order valence-electron chi connectivity index (χ2n) is 6.72. The quantitative estimate of drug-likeness (QED) is 0.413. The van der Waals surface area contributed by atoms with Crippen molar-refractivity contribution in [2.75, 3.05) is 32.5 Å². The zero-order valence-corrected chi connectivity index (χ0v) is 17.7. The highest BCUT2D eigenvalue weighted by Gasteiger charge is 2.15. The van der Waals surface area contributed by atoms with Gasteiger partial charge in [-0.15, -0.1) is 0 Å². The largest absolute Gasteiger partial charge is 0.385 e. The second-order valence-corrected chi connectivity index (χ2v) is 9.29. The molecule has 0 aliphatic rings. The van der Waals surface area contributed by atoms with Crippen molar-refractivity contribution in [1.82, 2.24) is 4.90 Å². The van der Waals surface area contributed by atoms with Crippen LogP contribution in [0.15, 0.2) is 30.8 Å². The van der Waals surface area contributed by atoms with Crippen LogP contribution < -0.4 is 5.19 Å². The molecule has 3 heteroatoms. The Balaban J connectivity index is 2.56. The second kappa shape index (κ2) is 14.3. The maximum absolute atomic E-state index is 5.81. The van der Waals surface area contributed by atoms with Gasteiger partial charge < -0.3 is 9.64 Å². The molecule has 0 N–H and O–H groups in total. The van der Waals surface area contributed by atoms with E-state index in [0.29, 0.717) is 0 Å². The van der Waals surface area contributed by atoms with Crippen LogP contribution in [0.1, 0.15) is 58.4 Å². The Bertz CT molecular complexity index is 438. The van der Waals surface area contributed by atoms with Crippen molar-refractivity contribution < 1.29 is 4.74 Å². The molecule has 0 saturated heterocycles. The molecule has 0 aliphatic carbocycles. The van der Waals surface area contributed by atoms with Gasteiger partial charge in [0.25, 0.3) is 0 Å². The fourth-order valence-corrected chi connectivity index (χ4v) is 5.27. The van der Waals surface area contributed by atoms with Gasteiger partial charge in [-0.1, -0.05) is 74.8 Å². The molecule has 0 saturated carbocycles. The van der Waals surface area contributed by atoms with Gasteiger partial charge in [0.05, 0.1) is 0 Å². The Morgan fingerprint density at radius 2 is 1.56 bits per heavy atom. The molecule has 1 aromatic carbocycles. The third-order valence-electron chi connectivity index (χ3n) is 4.64. The molecular weight excluding hydrogens is 322 g/mol. The third-order valence-corrected chi connectivity index (χ3v) is 7.30. The van der Waals surface area contributed by atoms with Gasteiger partial charge in [0.2, 0.25) is 0 Å². The summed E-state index contributed by atoms with van der Waals surface area (Å²) < 4.78 is 5.81. The Kier molecular flexibility index (Phi) is 12.7. The van der Waals surface area contributed by atoms with Gasteiger partial charge in [0.1, 0.15) is 8.80 Å². The number of unbranched alkanes of at least 4 members (excludes halogenated alkanes) is 2. The van der Waals surface area contributed by atoms with Gasteiger partial charge in [0, 0.05) is 12.8 Å². The van der Waals surface area contributed by atoms with E-state index in [2.05, 4.69) is 56.5 Å². The average molecular weight is 361 g/mol. The van der Waals surface area contributed by atoms with E-state index < -0.39 is 8.80 Å². The van der Waals surface area contributed by atoms with Crippen molar-refractivity contribution in [3.05, 3.63) is 36.4 Å². The number of benzene rings is 1. The lowest BCUT2D eigenvalue weighted by Crippen LogP contribution is -2.36. The molecule has 0 aromatic heterocycles. The van der Waals surface area contributed by atoms with Crippen molar-refractivity contribution in [3.63, 3.8) is 0 Å².